The molecule has 1 aliphatic heterocycles. The van der Waals surface area contributed by atoms with Gasteiger partial charge in [-0.25, -0.2) is 0 Å². The van der Waals surface area contributed by atoms with Crippen molar-refractivity contribution in [3.63, 3.8) is 0 Å². The van der Waals surface area contributed by atoms with Crippen molar-refractivity contribution in [1.29, 1.82) is 0 Å². The van der Waals surface area contributed by atoms with Gasteiger partial charge in [0.1, 0.15) is 0 Å². The van der Waals surface area contributed by atoms with E-state index in [1.165, 1.54) is 17.1 Å². The first-order valence-corrected chi connectivity index (χ1v) is 5.06. The predicted molar refractivity (Wildman–Crippen MR) is 48.1 cm³/mol. The Bertz CT molecular complexity index is 123. The molecule has 0 aromatic rings. The number of hydrogen-bond donors (Lipinski definition) is 0. The lowest BCUT2D eigenvalue weighted by atomic mass is 10.3. The third-order valence-electron chi connectivity index (χ3n) is 1.61. The van der Waals surface area contributed by atoms with E-state index in [4.69, 9.17) is 0 Å². The SMILES string of the molecule is C=C(C)C1(C)SCCS1. The maximum absolute atomic E-state index is 3.97. The van der Waals surface area contributed by atoms with Gasteiger partial charge in [0.15, 0.2) is 0 Å². The van der Waals surface area contributed by atoms with Gasteiger partial charge in [0.05, 0.1) is 4.08 Å². The highest BCUT2D eigenvalue weighted by molar-refractivity contribution is 8.21. The lowest BCUT2D eigenvalue weighted by Gasteiger charge is -2.21. The van der Waals surface area contributed by atoms with Crippen LogP contribution in [0.2, 0.25) is 0 Å². The van der Waals surface area contributed by atoms with Crippen molar-refractivity contribution in [2.75, 3.05) is 11.5 Å². The molecule has 1 heterocycles. The Morgan fingerprint density at radius 3 is 2.11 bits per heavy atom. The van der Waals surface area contributed by atoms with E-state index in [2.05, 4.69) is 20.4 Å². The molecule has 52 valence electrons. The Labute approximate surface area is 65.5 Å². The van der Waals surface area contributed by atoms with Crippen LogP contribution < -0.4 is 0 Å². The number of rotatable bonds is 1. The largest absolute Gasteiger partial charge is 0.139 e. The van der Waals surface area contributed by atoms with Crippen LogP contribution >= 0.6 is 23.5 Å². The minimum atomic E-state index is 0.333. The molecule has 0 saturated carbocycles. The molecular formula is C7H12S2. The maximum atomic E-state index is 3.97. The quantitative estimate of drug-likeness (QED) is 0.541. The zero-order valence-electron chi connectivity index (χ0n) is 5.94. The molecule has 1 aliphatic rings. The third-order valence-corrected chi connectivity index (χ3v) is 5.19. The van der Waals surface area contributed by atoms with Crippen LogP contribution in [0.3, 0.4) is 0 Å². The molecule has 2 heteroatoms. The molecule has 0 radical (unpaired) electrons. The molecule has 0 atom stereocenters. The summed E-state index contributed by atoms with van der Waals surface area (Å²) < 4.78 is 0.333. The fourth-order valence-electron chi connectivity index (χ4n) is 0.761. The predicted octanol–water partition coefficient (Wildman–Crippen LogP) is 2.76. The second-order valence-corrected chi connectivity index (χ2v) is 5.71. The standard InChI is InChI=1S/C7H12S2/c1-6(2)7(3)8-4-5-9-7/h1,4-5H2,2-3H3. The van der Waals surface area contributed by atoms with Gasteiger partial charge in [0, 0.05) is 11.5 Å². The third kappa shape index (κ3) is 1.47. The van der Waals surface area contributed by atoms with Crippen LogP contribution in [0.15, 0.2) is 12.2 Å². The molecule has 0 aromatic carbocycles. The summed E-state index contributed by atoms with van der Waals surface area (Å²) in [6.45, 7) is 8.35. The Hall–Kier alpha value is 0.440. The summed E-state index contributed by atoms with van der Waals surface area (Å²) in [5, 5.41) is 0. The fraction of sp³-hybridized carbons (Fsp3) is 0.714. The summed E-state index contributed by atoms with van der Waals surface area (Å²) in [7, 11) is 0. The molecule has 0 bridgehead atoms. The molecule has 1 saturated heterocycles. The van der Waals surface area contributed by atoms with Crippen molar-refractivity contribution >= 4 is 23.5 Å². The molecule has 9 heavy (non-hydrogen) atoms. The van der Waals surface area contributed by atoms with Gasteiger partial charge >= 0.3 is 0 Å². The van der Waals surface area contributed by atoms with Crippen molar-refractivity contribution in [3.8, 4) is 0 Å². The first-order valence-electron chi connectivity index (χ1n) is 3.09. The van der Waals surface area contributed by atoms with Crippen molar-refractivity contribution in [3.05, 3.63) is 12.2 Å². The van der Waals surface area contributed by atoms with Gasteiger partial charge in [-0.2, -0.15) is 0 Å². The van der Waals surface area contributed by atoms with Gasteiger partial charge < -0.3 is 0 Å². The van der Waals surface area contributed by atoms with Gasteiger partial charge in [0.2, 0.25) is 0 Å². The molecule has 0 N–H and O–H groups in total. The zero-order valence-corrected chi connectivity index (χ0v) is 7.57. The van der Waals surface area contributed by atoms with Crippen LogP contribution in [0.4, 0.5) is 0 Å². The van der Waals surface area contributed by atoms with Crippen LogP contribution in [0.5, 0.6) is 0 Å². The van der Waals surface area contributed by atoms with Crippen molar-refractivity contribution in [2.24, 2.45) is 0 Å². The molecule has 0 unspecified atom stereocenters. The Balaban J connectivity index is 2.61. The monoisotopic (exact) mass is 160 g/mol. The molecule has 0 aliphatic carbocycles. The smallest absolute Gasteiger partial charge is 0.0787 e. The number of hydrogen-bond acceptors (Lipinski definition) is 2. The van der Waals surface area contributed by atoms with E-state index >= 15 is 0 Å². The highest BCUT2D eigenvalue weighted by Gasteiger charge is 2.30. The van der Waals surface area contributed by atoms with Gasteiger partial charge in [-0.05, 0) is 13.8 Å². The number of thioether (sulfide) groups is 2. The van der Waals surface area contributed by atoms with Crippen LogP contribution in [0.1, 0.15) is 13.8 Å². The van der Waals surface area contributed by atoms with Crippen molar-refractivity contribution in [1.82, 2.24) is 0 Å². The summed E-state index contributed by atoms with van der Waals surface area (Å²) in [5.74, 6) is 2.57. The fourth-order valence-corrected chi connectivity index (χ4v) is 3.53. The first-order chi connectivity index (χ1) is 4.15. The second-order valence-electron chi connectivity index (χ2n) is 2.42. The molecule has 0 spiro atoms. The summed E-state index contributed by atoms with van der Waals surface area (Å²) in [5.41, 5.74) is 1.30. The molecule has 1 rings (SSSR count). The van der Waals surface area contributed by atoms with E-state index in [1.54, 1.807) is 0 Å². The minimum Gasteiger partial charge on any atom is -0.139 e. The summed E-state index contributed by atoms with van der Waals surface area (Å²) >= 11 is 4.03. The van der Waals surface area contributed by atoms with Gasteiger partial charge in [-0.15, -0.1) is 23.5 Å². The van der Waals surface area contributed by atoms with E-state index < -0.39 is 0 Å². The summed E-state index contributed by atoms with van der Waals surface area (Å²) in [6, 6.07) is 0. The second kappa shape index (κ2) is 2.59. The molecular weight excluding hydrogens is 148 g/mol. The van der Waals surface area contributed by atoms with E-state index in [1.807, 2.05) is 23.5 Å². The average molecular weight is 160 g/mol. The van der Waals surface area contributed by atoms with Gasteiger partial charge in [-0.1, -0.05) is 12.2 Å². The van der Waals surface area contributed by atoms with Crippen molar-refractivity contribution in [2.45, 2.75) is 17.9 Å². The Kier molecular flexibility index (Phi) is 2.17. The van der Waals surface area contributed by atoms with Crippen LogP contribution in [0.25, 0.3) is 0 Å². The van der Waals surface area contributed by atoms with Gasteiger partial charge in [-0.3, -0.25) is 0 Å². The summed E-state index contributed by atoms with van der Waals surface area (Å²) in [4.78, 5) is 0. The average Bonchev–Trinajstić information content (AvgIpc) is 2.16. The van der Waals surface area contributed by atoms with Crippen LogP contribution in [-0.4, -0.2) is 15.6 Å². The minimum absolute atomic E-state index is 0.333. The maximum Gasteiger partial charge on any atom is 0.0787 e. The Morgan fingerprint density at radius 1 is 1.44 bits per heavy atom. The lowest BCUT2D eigenvalue weighted by Crippen LogP contribution is -2.10. The normalized spacial score (nSPS) is 24.2. The molecule has 0 nitrogen and oxygen atoms in total. The Morgan fingerprint density at radius 2 is 1.89 bits per heavy atom. The zero-order chi connectivity index (χ0) is 6.91. The highest BCUT2D eigenvalue weighted by atomic mass is 32.2. The summed E-state index contributed by atoms with van der Waals surface area (Å²) in [6.07, 6.45) is 0. The lowest BCUT2D eigenvalue weighted by molar-refractivity contribution is 1.07. The van der Waals surface area contributed by atoms with E-state index in [-0.39, 0.29) is 0 Å². The van der Waals surface area contributed by atoms with Crippen molar-refractivity contribution < 1.29 is 0 Å². The highest BCUT2D eigenvalue weighted by Crippen LogP contribution is 2.47. The molecule has 0 aromatic heterocycles. The van der Waals surface area contributed by atoms with E-state index in [0.717, 1.165) is 0 Å². The topological polar surface area (TPSA) is 0 Å². The van der Waals surface area contributed by atoms with Gasteiger partial charge in [0.25, 0.3) is 0 Å². The molecule has 1 fully saturated rings. The van der Waals surface area contributed by atoms with E-state index in [0.29, 0.717) is 4.08 Å². The molecule has 0 amide bonds. The van der Waals surface area contributed by atoms with E-state index in [9.17, 15) is 0 Å². The van der Waals surface area contributed by atoms with Crippen LogP contribution in [0, 0.1) is 0 Å². The first kappa shape index (κ1) is 7.55. The van der Waals surface area contributed by atoms with Crippen LogP contribution in [-0.2, 0) is 0 Å².